The van der Waals surface area contributed by atoms with Gasteiger partial charge in [0.1, 0.15) is 0 Å². The van der Waals surface area contributed by atoms with E-state index >= 15 is 0 Å². The number of likely N-dealkylation sites (N-methyl/N-ethyl adjacent to an activating group) is 1. The molecule has 1 unspecified atom stereocenters. The number of rotatable bonds is 5. The van der Waals surface area contributed by atoms with Gasteiger partial charge in [0.2, 0.25) is 0 Å². The number of nitrogens with zero attached hydrogens (tertiary/aromatic N) is 4. The first kappa shape index (κ1) is 28.0. The summed E-state index contributed by atoms with van der Waals surface area (Å²) in [5, 5.41) is 3.93. The van der Waals surface area contributed by atoms with E-state index in [1.807, 2.05) is 54.8 Å². The normalized spacial score (nSPS) is 17.8. The fourth-order valence-corrected chi connectivity index (χ4v) is 6.54. The molecule has 0 bridgehead atoms. The highest BCUT2D eigenvalue weighted by molar-refractivity contribution is 6.08. The van der Waals surface area contributed by atoms with Gasteiger partial charge in [-0.1, -0.05) is 18.2 Å². The quantitative estimate of drug-likeness (QED) is 0.509. The molecule has 2 N–H and O–H groups in total. The smallest absolute Gasteiger partial charge is 0.320 e. The van der Waals surface area contributed by atoms with Crippen molar-refractivity contribution in [1.29, 1.82) is 0 Å². The average molecular weight is 547 g/mol. The molecule has 5 rings (SSSR count). The number of urea groups is 1. The molecule has 0 radical (unpaired) electrons. The predicted molar refractivity (Wildman–Crippen MR) is 158 cm³/mol. The van der Waals surface area contributed by atoms with Gasteiger partial charge < -0.3 is 29.6 Å². The molecule has 2 fully saturated rings. The van der Waals surface area contributed by atoms with Crippen LogP contribution in [0.3, 0.4) is 0 Å². The molecular formula is C31H42N6O3. The zero-order chi connectivity index (χ0) is 28.6. The summed E-state index contributed by atoms with van der Waals surface area (Å²) < 4.78 is 2.30. The van der Waals surface area contributed by atoms with Crippen molar-refractivity contribution < 1.29 is 9.59 Å². The number of likely N-dealkylation sites (tertiary alicyclic amines) is 1. The van der Waals surface area contributed by atoms with Crippen LogP contribution < -0.4 is 10.9 Å². The van der Waals surface area contributed by atoms with Gasteiger partial charge in [-0.05, 0) is 71.2 Å². The third kappa shape index (κ3) is 5.39. The van der Waals surface area contributed by atoms with Gasteiger partial charge in [-0.3, -0.25) is 9.59 Å². The first-order chi connectivity index (χ1) is 19.2. The van der Waals surface area contributed by atoms with E-state index in [-0.39, 0.29) is 30.1 Å². The number of piperidine rings is 1. The zero-order valence-electron chi connectivity index (χ0n) is 24.4. The Labute approximate surface area is 236 Å². The summed E-state index contributed by atoms with van der Waals surface area (Å²) in [7, 11) is 2.10. The summed E-state index contributed by atoms with van der Waals surface area (Å²) in [5.41, 5.74) is 4.71. The lowest BCUT2D eigenvalue weighted by Gasteiger charge is -2.40. The molecule has 40 heavy (non-hydrogen) atoms. The van der Waals surface area contributed by atoms with Gasteiger partial charge in [0, 0.05) is 79.7 Å². The second kappa shape index (κ2) is 11.5. The van der Waals surface area contributed by atoms with Crippen molar-refractivity contribution >= 4 is 22.8 Å². The molecule has 1 aromatic carbocycles. The van der Waals surface area contributed by atoms with Crippen LogP contribution in [0.25, 0.3) is 10.9 Å². The summed E-state index contributed by atoms with van der Waals surface area (Å²) in [4.78, 5) is 48.2. The maximum Gasteiger partial charge on any atom is 0.320 e. The first-order valence-electron chi connectivity index (χ1n) is 14.4. The minimum Gasteiger partial charge on any atom is -0.348 e. The molecule has 2 aliphatic heterocycles. The van der Waals surface area contributed by atoms with E-state index < -0.39 is 0 Å². The number of hydrogen-bond donors (Lipinski definition) is 2. The van der Waals surface area contributed by atoms with E-state index in [0.717, 1.165) is 80.0 Å². The molecule has 3 amide bonds. The molecule has 0 spiro atoms. The van der Waals surface area contributed by atoms with Crippen molar-refractivity contribution in [3.05, 3.63) is 68.8 Å². The first-order valence-corrected chi connectivity index (χ1v) is 14.4. The van der Waals surface area contributed by atoms with Gasteiger partial charge in [0.25, 0.3) is 11.5 Å². The molecule has 3 aromatic rings. The number of aromatic nitrogens is 2. The molecule has 0 saturated carbocycles. The van der Waals surface area contributed by atoms with Gasteiger partial charge in [-0.2, -0.15) is 0 Å². The van der Waals surface area contributed by atoms with Crippen molar-refractivity contribution in [3.63, 3.8) is 0 Å². The molecule has 9 heteroatoms. The number of aromatic amines is 1. The number of carbonyl (C=O) groups is 2. The molecule has 2 saturated heterocycles. The number of pyridine rings is 1. The number of carbonyl (C=O) groups excluding carboxylic acids is 2. The molecule has 2 aliphatic rings. The van der Waals surface area contributed by atoms with Crippen molar-refractivity contribution in [2.75, 3.05) is 46.3 Å². The van der Waals surface area contributed by atoms with E-state index in [9.17, 15) is 14.4 Å². The molecular weight excluding hydrogens is 504 g/mol. The van der Waals surface area contributed by atoms with Crippen LogP contribution in [0, 0.1) is 26.7 Å². The highest BCUT2D eigenvalue weighted by atomic mass is 16.2. The number of para-hydroxylation sites is 1. The van der Waals surface area contributed by atoms with Crippen molar-refractivity contribution in [3.8, 4) is 0 Å². The number of nitrogens with one attached hydrogen (secondary N) is 2. The Morgan fingerprint density at radius 3 is 2.33 bits per heavy atom. The third-order valence-electron chi connectivity index (χ3n) is 8.98. The zero-order valence-corrected chi connectivity index (χ0v) is 24.4. The Kier molecular flexibility index (Phi) is 8.03. The molecule has 9 nitrogen and oxygen atoms in total. The SMILES string of the molecule is Cc1cc(C)c(CNC(=O)c2c(C)n(C(C)C3CCN(C(=O)N4CCN(C)CC4)CC3)c3ccccc23)c(=O)[nH]1. The van der Waals surface area contributed by atoms with E-state index in [4.69, 9.17) is 0 Å². The monoisotopic (exact) mass is 546 g/mol. The second-order valence-electron chi connectivity index (χ2n) is 11.6. The highest BCUT2D eigenvalue weighted by Crippen LogP contribution is 2.36. The number of amides is 3. The Balaban J connectivity index is 1.31. The fraction of sp³-hybridized carbons (Fsp3) is 0.516. The maximum atomic E-state index is 13.6. The van der Waals surface area contributed by atoms with E-state index in [1.54, 1.807) is 0 Å². The maximum absolute atomic E-state index is 13.6. The summed E-state index contributed by atoms with van der Waals surface area (Å²) >= 11 is 0. The number of piperazine rings is 1. The van der Waals surface area contributed by atoms with Crippen molar-refractivity contribution in [1.82, 2.24) is 29.6 Å². The Morgan fingerprint density at radius 1 is 1.00 bits per heavy atom. The van der Waals surface area contributed by atoms with Crippen molar-refractivity contribution in [2.24, 2.45) is 5.92 Å². The van der Waals surface area contributed by atoms with E-state index in [2.05, 4.69) is 39.8 Å². The lowest BCUT2D eigenvalue weighted by molar-refractivity contribution is 0.0949. The molecule has 214 valence electrons. The van der Waals surface area contributed by atoms with Crippen LogP contribution in [0.15, 0.2) is 35.1 Å². The Hall–Kier alpha value is -3.59. The number of aryl methyl sites for hydroxylation is 2. The van der Waals surface area contributed by atoms with Gasteiger partial charge in [-0.15, -0.1) is 0 Å². The standard InChI is InChI=1S/C31H42N6O3/c1-20-18-21(2)33-29(38)26(20)19-32-30(39)28-23(4)37(27-9-7-6-8-25(27)28)22(3)24-10-12-35(13-11-24)31(40)36-16-14-34(5)15-17-36/h6-9,18,22,24H,10-17,19H2,1-5H3,(H,32,39)(H,33,38). The van der Waals surface area contributed by atoms with Gasteiger partial charge in [-0.25, -0.2) is 4.79 Å². The molecule has 4 heterocycles. The number of H-pyrrole nitrogens is 1. The van der Waals surface area contributed by atoms with Crippen LogP contribution in [-0.2, 0) is 6.54 Å². The molecule has 1 atom stereocenters. The van der Waals surface area contributed by atoms with Crippen LogP contribution in [0.2, 0.25) is 0 Å². The Bertz CT molecular complexity index is 1460. The third-order valence-corrected chi connectivity index (χ3v) is 8.98. The molecule has 0 aliphatic carbocycles. The lowest BCUT2D eigenvalue weighted by Crippen LogP contribution is -2.53. The number of benzene rings is 1. The molecule has 2 aromatic heterocycles. The predicted octanol–water partition coefficient (Wildman–Crippen LogP) is 3.83. The van der Waals surface area contributed by atoms with E-state index in [1.165, 1.54) is 0 Å². The lowest BCUT2D eigenvalue weighted by atomic mass is 9.90. The largest absolute Gasteiger partial charge is 0.348 e. The Morgan fingerprint density at radius 2 is 1.65 bits per heavy atom. The second-order valence-corrected chi connectivity index (χ2v) is 11.6. The van der Waals surface area contributed by atoms with Crippen LogP contribution in [0.4, 0.5) is 4.79 Å². The van der Waals surface area contributed by atoms with Crippen LogP contribution in [0.1, 0.15) is 58.7 Å². The fourth-order valence-electron chi connectivity index (χ4n) is 6.54. The average Bonchev–Trinajstić information content (AvgIpc) is 3.23. The number of hydrogen-bond acceptors (Lipinski definition) is 4. The van der Waals surface area contributed by atoms with Gasteiger partial charge >= 0.3 is 6.03 Å². The van der Waals surface area contributed by atoms with Gasteiger partial charge in [0.15, 0.2) is 0 Å². The minimum atomic E-state index is -0.174. The van der Waals surface area contributed by atoms with Crippen LogP contribution in [-0.4, -0.2) is 82.5 Å². The summed E-state index contributed by atoms with van der Waals surface area (Å²) in [6, 6.07) is 10.3. The topological polar surface area (TPSA) is 93.7 Å². The van der Waals surface area contributed by atoms with E-state index in [0.29, 0.717) is 17.0 Å². The summed E-state index contributed by atoms with van der Waals surface area (Å²) in [6.45, 7) is 13.1. The minimum absolute atomic E-state index is 0.164. The summed E-state index contributed by atoms with van der Waals surface area (Å²) in [5.74, 6) is 0.224. The van der Waals surface area contributed by atoms with Crippen LogP contribution in [0.5, 0.6) is 0 Å². The van der Waals surface area contributed by atoms with Gasteiger partial charge in [0.05, 0.1) is 5.56 Å². The number of fused-ring (bicyclic) bond motifs is 1. The highest BCUT2D eigenvalue weighted by Gasteiger charge is 2.32. The van der Waals surface area contributed by atoms with Crippen LogP contribution >= 0.6 is 0 Å². The van der Waals surface area contributed by atoms with Crippen molar-refractivity contribution in [2.45, 2.75) is 53.1 Å². The summed E-state index contributed by atoms with van der Waals surface area (Å²) in [6.07, 6.45) is 1.87.